The average molecular weight is 255 g/mol. The van der Waals surface area contributed by atoms with E-state index < -0.39 is 0 Å². The molecule has 2 unspecified atom stereocenters. The molecule has 0 spiro atoms. The van der Waals surface area contributed by atoms with E-state index in [2.05, 4.69) is 37.9 Å². The Morgan fingerprint density at radius 2 is 2.00 bits per heavy atom. The molecule has 0 aliphatic heterocycles. The van der Waals surface area contributed by atoms with Gasteiger partial charge in [-0.3, -0.25) is 9.69 Å². The predicted molar refractivity (Wildman–Crippen MR) is 75.3 cm³/mol. The minimum absolute atomic E-state index is 0.0734. The fourth-order valence-electron chi connectivity index (χ4n) is 2.68. The maximum absolute atomic E-state index is 11.9. The van der Waals surface area contributed by atoms with Crippen LogP contribution in [0, 0.1) is 5.41 Å². The number of likely N-dealkylation sites (N-methyl/N-ethyl adjacent to an activating group) is 1. The van der Waals surface area contributed by atoms with Crippen molar-refractivity contribution in [3.05, 3.63) is 0 Å². The Hall–Kier alpha value is -0.610. The van der Waals surface area contributed by atoms with Gasteiger partial charge in [0.1, 0.15) is 0 Å². The van der Waals surface area contributed by atoms with Crippen LogP contribution in [0.2, 0.25) is 0 Å². The number of nitrogens with zero attached hydrogens (tertiary/aromatic N) is 1. The molecule has 1 aliphatic carbocycles. The second-order valence-electron chi connectivity index (χ2n) is 6.64. The molecule has 4 heteroatoms. The first kappa shape index (κ1) is 15.4. The van der Waals surface area contributed by atoms with Crippen molar-refractivity contribution in [1.82, 2.24) is 10.2 Å². The van der Waals surface area contributed by atoms with Crippen LogP contribution < -0.4 is 11.1 Å². The number of hydrogen-bond acceptors (Lipinski definition) is 3. The summed E-state index contributed by atoms with van der Waals surface area (Å²) in [6.45, 7) is 9.08. The molecule has 0 aromatic heterocycles. The average Bonchev–Trinajstić information content (AvgIpc) is 2.98. The van der Waals surface area contributed by atoms with E-state index in [0.717, 1.165) is 19.3 Å². The molecule has 106 valence electrons. The molecule has 1 rings (SSSR count). The van der Waals surface area contributed by atoms with Gasteiger partial charge in [-0.1, -0.05) is 27.7 Å². The predicted octanol–water partition coefficient (Wildman–Crippen LogP) is 1.35. The van der Waals surface area contributed by atoms with Gasteiger partial charge >= 0.3 is 0 Å². The normalized spacial score (nSPS) is 19.7. The molecule has 3 N–H and O–H groups in total. The van der Waals surface area contributed by atoms with E-state index in [1.54, 1.807) is 0 Å². The maximum atomic E-state index is 11.9. The van der Waals surface area contributed by atoms with E-state index in [4.69, 9.17) is 5.73 Å². The van der Waals surface area contributed by atoms with Crippen LogP contribution in [-0.2, 0) is 4.79 Å². The molecule has 18 heavy (non-hydrogen) atoms. The molecule has 0 bridgehead atoms. The van der Waals surface area contributed by atoms with Gasteiger partial charge in [0.05, 0.1) is 6.54 Å². The zero-order valence-corrected chi connectivity index (χ0v) is 12.5. The standard InChI is InChI=1S/C14H29N3O/c1-6-11(15)13(14(2,3)4)17(5)9-12(18)16-10-7-8-10/h10-11,13H,6-9,15H2,1-5H3,(H,16,18). The van der Waals surface area contributed by atoms with Crippen molar-refractivity contribution in [3.63, 3.8) is 0 Å². The maximum Gasteiger partial charge on any atom is 0.234 e. The SMILES string of the molecule is CCC(N)C(N(C)CC(=O)NC1CC1)C(C)(C)C. The molecule has 1 saturated carbocycles. The van der Waals surface area contributed by atoms with Crippen LogP contribution in [0.3, 0.4) is 0 Å². The van der Waals surface area contributed by atoms with Gasteiger partial charge in [0, 0.05) is 18.1 Å². The Labute approximate surface area is 111 Å². The van der Waals surface area contributed by atoms with E-state index in [1.165, 1.54) is 0 Å². The third-order valence-electron chi connectivity index (χ3n) is 3.57. The Bertz CT molecular complexity index is 281. The number of nitrogens with two attached hydrogens (primary N) is 1. The highest BCUT2D eigenvalue weighted by molar-refractivity contribution is 5.78. The van der Waals surface area contributed by atoms with Crippen LogP contribution in [0.1, 0.15) is 47.0 Å². The van der Waals surface area contributed by atoms with Crippen molar-refractivity contribution < 1.29 is 4.79 Å². The highest BCUT2D eigenvalue weighted by atomic mass is 16.2. The molecule has 0 heterocycles. The van der Waals surface area contributed by atoms with Crippen LogP contribution in [0.4, 0.5) is 0 Å². The number of hydrogen-bond donors (Lipinski definition) is 2. The van der Waals surface area contributed by atoms with Crippen LogP contribution in [0.15, 0.2) is 0 Å². The van der Waals surface area contributed by atoms with Crippen molar-refractivity contribution >= 4 is 5.91 Å². The quantitative estimate of drug-likeness (QED) is 0.753. The first-order valence-electron chi connectivity index (χ1n) is 7.01. The van der Waals surface area contributed by atoms with Gasteiger partial charge in [-0.25, -0.2) is 0 Å². The fourth-order valence-corrected chi connectivity index (χ4v) is 2.68. The summed E-state index contributed by atoms with van der Waals surface area (Å²) in [6.07, 6.45) is 3.19. The second kappa shape index (κ2) is 6.02. The van der Waals surface area contributed by atoms with E-state index in [0.29, 0.717) is 12.6 Å². The molecule has 0 aromatic carbocycles. The number of carbonyl (C=O) groups is 1. The first-order valence-corrected chi connectivity index (χ1v) is 7.01. The van der Waals surface area contributed by atoms with Gasteiger partial charge < -0.3 is 11.1 Å². The lowest BCUT2D eigenvalue weighted by molar-refractivity contribution is -0.123. The summed E-state index contributed by atoms with van der Waals surface area (Å²) in [5.74, 6) is 0.123. The van der Waals surface area contributed by atoms with Crippen molar-refractivity contribution in [2.45, 2.75) is 65.1 Å². The highest BCUT2D eigenvalue weighted by Gasteiger charge is 2.34. The molecule has 1 fully saturated rings. The molecule has 0 aromatic rings. The summed E-state index contributed by atoms with van der Waals surface area (Å²) in [5.41, 5.74) is 6.29. The number of nitrogens with one attached hydrogen (secondary N) is 1. The summed E-state index contributed by atoms with van der Waals surface area (Å²) >= 11 is 0. The number of amides is 1. The van der Waals surface area contributed by atoms with Crippen LogP contribution >= 0.6 is 0 Å². The molecular formula is C14H29N3O. The third-order valence-corrected chi connectivity index (χ3v) is 3.57. The van der Waals surface area contributed by atoms with E-state index in [9.17, 15) is 4.79 Å². The zero-order valence-electron chi connectivity index (χ0n) is 12.5. The molecule has 2 atom stereocenters. The van der Waals surface area contributed by atoms with Gasteiger partial charge in [0.2, 0.25) is 5.91 Å². The van der Waals surface area contributed by atoms with Crippen LogP contribution in [0.25, 0.3) is 0 Å². The van der Waals surface area contributed by atoms with Crippen LogP contribution in [-0.4, -0.2) is 42.5 Å². The fraction of sp³-hybridized carbons (Fsp3) is 0.929. The highest BCUT2D eigenvalue weighted by Crippen LogP contribution is 2.26. The van der Waals surface area contributed by atoms with Gasteiger partial charge in [-0.2, -0.15) is 0 Å². The molecule has 4 nitrogen and oxygen atoms in total. The summed E-state index contributed by atoms with van der Waals surface area (Å²) in [6, 6.07) is 0.745. The van der Waals surface area contributed by atoms with Gasteiger partial charge in [0.15, 0.2) is 0 Å². The minimum atomic E-state index is 0.0734. The number of carbonyl (C=O) groups excluding carboxylic acids is 1. The largest absolute Gasteiger partial charge is 0.352 e. The Morgan fingerprint density at radius 3 is 2.39 bits per heavy atom. The van der Waals surface area contributed by atoms with Crippen molar-refractivity contribution in [1.29, 1.82) is 0 Å². The number of rotatable bonds is 6. The summed E-state index contributed by atoms with van der Waals surface area (Å²) < 4.78 is 0. The van der Waals surface area contributed by atoms with E-state index in [-0.39, 0.29) is 23.4 Å². The summed E-state index contributed by atoms with van der Waals surface area (Å²) in [7, 11) is 2.00. The molecule has 1 aliphatic rings. The lowest BCUT2D eigenvalue weighted by atomic mass is 9.80. The molecule has 0 radical (unpaired) electrons. The smallest absolute Gasteiger partial charge is 0.234 e. The minimum Gasteiger partial charge on any atom is -0.352 e. The Morgan fingerprint density at radius 1 is 1.44 bits per heavy atom. The monoisotopic (exact) mass is 255 g/mol. The van der Waals surface area contributed by atoms with Gasteiger partial charge in [-0.15, -0.1) is 0 Å². The molecule has 0 saturated heterocycles. The Kier molecular flexibility index (Phi) is 5.17. The van der Waals surface area contributed by atoms with E-state index >= 15 is 0 Å². The molecular weight excluding hydrogens is 226 g/mol. The Balaban J connectivity index is 2.57. The zero-order chi connectivity index (χ0) is 13.9. The second-order valence-corrected chi connectivity index (χ2v) is 6.64. The lowest BCUT2D eigenvalue weighted by Crippen LogP contribution is -2.55. The third kappa shape index (κ3) is 4.58. The summed E-state index contributed by atoms with van der Waals surface area (Å²) in [4.78, 5) is 14.0. The first-order chi connectivity index (χ1) is 8.25. The van der Waals surface area contributed by atoms with Crippen molar-refractivity contribution in [2.75, 3.05) is 13.6 Å². The van der Waals surface area contributed by atoms with Crippen LogP contribution in [0.5, 0.6) is 0 Å². The topological polar surface area (TPSA) is 58.4 Å². The molecule has 1 amide bonds. The van der Waals surface area contributed by atoms with Crippen molar-refractivity contribution in [3.8, 4) is 0 Å². The summed E-state index contributed by atoms with van der Waals surface area (Å²) in [5, 5.41) is 3.03. The van der Waals surface area contributed by atoms with Gasteiger partial charge in [-0.05, 0) is 31.7 Å². The lowest BCUT2D eigenvalue weighted by Gasteiger charge is -2.41. The van der Waals surface area contributed by atoms with Gasteiger partial charge in [0.25, 0.3) is 0 Å². The van der Waals surface area contributed by atoms with Crippen molar-refractivity contribution in [2.24, 2.45) is 11.1 Å². The van der Waals surface area contributed by atoms with E-state index in [1.807, 2.05) is 7.05 Å².